The van der Waals surface area contributed by atoms with Gasteiger partial charge < -0.3 is 9.64 Å². The lowest BCUT2D eigenvalue weighted by molar-refractivity contribution is 0.112. The smallest absolute Gasteiger partial charge is 0.266 e. The molecule has 2 aromatic heterocycles. The normalized spacial score (nSPS) is 18.6. The predicted molar refractivity (Wildman–Crippen MR) is 92.6 cm³/mol. The van der Waals surface area contributed by atoms with E-state index < -0.39 is 0 Å². The highest BCUT2D eigenvalue weighted by Crippen LogP contribution is 2.30. The third kappa shape index (κ3) is 3.35. The van der Waals surface area contributed by atoms with Gasteiger partial charge >= 0.3 is 0 Å². The lowest BCUT2D eigenvalue weighted by atomic mass is 10.2. The molecule has 2 aliphatic rings. The fourth-order valence-electron chi connectivity index (χ4n) is 3.10. The lowest BCUT2D eigenvalue weighted by Crippen LogP contribution is -2.47. The Labute approximate surface area is 144 Å². The van der Waals surface area contributed by atoms with Gasteiger partial charge in [0, 0.05) is 51.4 Å². The van der Waals surface area contributed by atoms with Crippen molar-refractivity contribution < 1.29 is 4.74 Å². The molecular formula is C16H21N5O2S. The van der Waals surface area contributed by atoms with Crippen molar-refractivity contribution in [1.82, 2.24) is 19.7 Å². The third-order valence-electron chi connectivity index (χ3n) is 4.54. The van der Waals surface area contributed by atoms with Crippen LogP contribution in [0.2, 0.25) is 0 Å². The summed E-state index contributed by atoms with van der Waals surface area (Å²) in [6, 6.07) is 3.23. The van der Waals surface area contributed by atoms with E-state index in [-0.39, 0.29) is 5.56 Å². The van der Waals surface area contributed by atoms with Crippen molar-refractivity contribution in [2.75, 3.05) is 44.2 Å². The molecule has 24 heavy (non-hydrogen) atoms. The Morgan fingerprint density at radius 1 is 1.21 bits per heavy atom. The molecule has 2 aliphatic heterocycles. The van der Waals surface area contributed by atoms with Gasteiger partial charge in [-0.1, -0.05) is 11.3 Å². The number of rotatable bonds is 4. The summed E-state index contributed by atoms with van der Waals surface area (Å²) in [5, 5.41) is 5.24. The summed E-state index contributed by atoms with van der Waals surface area (Å²) in [4.78, 5) is 22.5. The minimum absolute atomic E-state index is 0.0354. The summed E-state index contributed by atoms with van der Waals surface area (Å²) in [6.45, 7) is 6.93. The van der Waals surface area contributed by atoms with Gasteiger partial charge in [-0.05, 0) is 6.07 Å². The first kappa shape index (κ1) is 15.7. The van der Waals surface area contributed by atoms with E-state index in [1.165, 1.54) is 15.3 Å². The van der Waals surface area contributed by atoms with Gasteiger partial charge in [0.25, 0.3) is 5.56 Å². The molecule has 4 rings (SSSR count). The summed E-state index contributed by atoms with van der Waals surface area (Å²) >= 11 is 1.77. The van der Waals surface area contributed by atoms with E-state index in [0.717, 1.165) is 50.9 Å². The first-order valence-electron chi connectivity index (χ1n) is 8.35. The minimum atomic E-state index is -0.0354. The van der Waals surface area contributed by atoms with E-state index >= 15 is 0 Å². The summed E-state index contributed by atoms with van der Waals surface area (Å²) in [6.07, 6.45) is 2.60. The molecule has 7 nitrogen and oxygen atoms in total. The van der Waals surface area contributed by atoms with Crippen LogP contribution in [0.25, 0.3) is 0 Å². The predicted octanol–water partition coefficient (Wildman–Crippen LogP) is 0.595. The molecule has 1 saturated heterocycles. The van der Waals surface area contributed by atoms with Crippen molar-refractivity contribution in [3.05, 3.63) is 39.3 Å². The van der Waals surface area contributed by atoms with Crippen molar-refractivity contribution >= 4 is 16.5 Å². The fourth-order valence-corrected chi connectivity index (χ4v) is 4.20. The quantitative estimate of drug-likeness (QED) is 0.807. The first-order chi connectivity index (χ1) is 11.8. The van der Waals surface area contributed by atoms with Crippen molar-refractivity contribution in [3.8, 4) is 0 Å². The second kappa shape index (κ2) is 7.00. The maximum absolute atomic E-state index is 11.7. The van der Waals surface area contributed by atoms with E-state index in [1.54, 1.807) is 29.7 Å². The Balaban J connectivity index is 1.31. The first-order valence-corrected chi connectivity index (χ1v) is 9.17. The van der Waals surface area contributed by atoms with Gasteiger partial charge in [-0.15, -0.1) is 0 Å². The summed E-state index contributed by atoms with van der Waals surface area (Å²) in [5.74, 6) is 0. The number of piperazine rings is 1. The monoisotopic (exact) mass is 347 g/mol. The molecule has 0 saturated carbocycles. The van der Waals surface area contributed by atoms with Crippen LogP contribution in [-0.2, 0) is 24.3 Å². The van der Waals surface area contributed by atoms with Crippen LogP contribution >= 0.6 is 11.3 Å². The van der Waals surface area contributed by atoms with Gasteiger partial charge in [0.2, 0.25) is 0 Å². The number of nitrogens with zero attached hydrogens (tertiary/aromatic N) is 5. The number of fused-ring (bicyclic) bond motifs is 1. The summed E-state index contributed by atoms with van der Waals surface area (Å²) < 4.78 is 7.04. The minimum Gasteiger partial charge on any atom is -0.375 e. The Hall–Kier alpha value is -1.77. The Morgan fingerprint density at radius 3 is 2.88 bits per heavy atom. The van der Waals surface area contributed by atoms with Crippen LogP contribution in [0.4, 0.5) is 5.13 Å². The molecule has 0 bridgehead atoms. The van der Waals surface area contributed by atoms with Crippen molar-refractivity contribution in [2.45, 2.75) is 19.6 Å². The maximum Gasteiger partial charge on any atom is 0.266 e. The van der Waals surface area contributed by atoms with Crippen LogP contribution in [-0.4, -0.2) is 59.0 Å². The Kier molecular flexibility index (Phi) is 4.59. The fraction of sp³-hybridized carbons (Fsp3) is 0.562. The van der Waals surface area contributed by atoms with Crippen molar-refractivity contribution in [2.24, 2.45) is 0 Å². The van der Waals surface area contributed by atoms with Crippen LogP contribution in [0.5, 0.6) is 0 Å². The molecule has 0 spiro atoms. The molecule has 0 atom stereocenters. The largest absolute Gasteiger partial charge is 0.375 e. The number of anilines is 1. The molecule has 1 fully saturated rings. The highest BCUT2D eigenvalue weighted by atomic mass is 32.1. The van der Waals surface area contributed by atoms with Crippen LogP contribution in [0, 0.1) is 0 Å². The van der Waals surface area contributed by atoms with Gasteiger partial charge in [0.1, 0.15) is 0 Å². The molecule has 0 unspecified atom stereocenters. The van der Waals surface area contributed by atoms with Gasteiger partial charge in [0.15, 0.2) is 5.13 Å². The van der Waals surface area contributed by atoms with E-state index in [4.69, 9.17) is 9.72 Å². The number of thiazole rings is 1. The molecule has 0 amide bonds. The van der Waals surface area contributed by atoms with Gasteiger partial charge in [-0.2, -0.15) is 5.10 Å². The van der Waals surface area contributed by atoms with Crippen LogP contribution < -0.4 is 10.5 Å². The van der Waals surface area contributed by atoms with E-state index in [1.807, 2.05) is 0 Å². The average molecular weight is 347 g/mol. The number of hydrogen-bond donors (Lipinski definition) is 0. The highest BCUT2D eigenvalue weighted by Gasteiger charge is 2.22. The number of ether oxygens (including phenoxy) is 1. The number of hydrogen-bond acceptors (Lipinski definition) is 7. The Bertz CT molecular complexity index is 727. The van der Waals surface area contributed by atoms with Crippen LogP contribution in [0.1, 0.15) is 10.6 Å². The molecular weight excluding hydrogens is 326 g/mol. The summed E-state index contributed by atoms with van der Waals surface area (Å²) in [5.41, 5.74) is 1.19. The molecule has 8 heteroatoms. The SMILES string of the molecule is O=c1cccnn1CCN1CCN(c2nc3c(s2)COCC3)CC1. The molecule has 0 aliphatic carbocycles. The van der Waals surface area contributed by atoms with Crippen molar-refractivity contribution in [1.29, 1.82) is 0 Å². The molecule has 2 aromatic rings. The average Bonchev–Trinajstić information content (AvgIpc) is 3.06. The second-order valence-corrected chi connectivity index (χ2v) is 7.14. The summed E-state index contributed by atoms with van der Waals surface area (Å²) in [7, 11) is 0. The van der Waals surface area contributed by atoms with Crippen LogP contribution in [0.15, 0.2) is 23.1 Å². The molecule has 128 valence electrons. The third-order valence-corrected chi connectivity index (χ3v) is 5.67. The van der Waals surface area contributed by atoms with Crippen LogP contribution in [0.3, 0.4) is 0 Å². The topological polar surface area (TPSA) is 63.5 Å². The Morgan fingerprint density at radius 2 is 2.08 bits per heavy atom. The van der Waals surface area contributed by atoms with Crippen molar-refractivity contribution in [3.63, 3.8) is 0 Å². The zero-order valence-electron chi connectivity index (χ0n) is 13.6. The zero-order chi connectivity index (χ0) is 16.4. The molecule has 0 aromatic carbocycles. The number of aromatic nitrogens is 3. The standard InChI is InChI=1S/C16H21N5O2S/c22-15-2-1-4-17-21(15)10-7-19-5-8-20(9-6-19)16-18-13-3-11-23-12-14(13)24-16/h1-2,4H,3,5-12H2. The zero-order valence-corrected chi connectivity index (χ0v) is 14.4. The van der Waals surface area contributed by atoms with E-state index in [9.17, 15) is 4.79 Å². The molecule has 4 heterocycles. The second-order valence-electron chi connectivity index (χ2n) is 6.08. The van der Waals surface area contributed by atoms with E-state index in [2.05, 4.69) is 14.9 Å². The molecule has 0 N–H and O–H groups in total. The molecule has 0 radical (unpaired) electrons. The van der Waals surface area contributed by atoms with Gasteiger partial charge in [-0.25, -0.2) is 9.67 Å². The lowest BCUT2D eigenvalue weighted by Gasteiger charge is -2.34. The maximum atomic E-state index is 11.7. The van der Waals surface area contributed by atoms with E-state index in [0.29, 0.717) is 13.2 Å². The highest BCUT2D eigenvalue weighted by molar-refractivity contribution is 7.15. The van der Waals surface area contributed by atoms with Gasteiger partial charge in [-0.3, -0.25) is 9.69 Å². The van der Waals surface area contributed by atoms with Gasteiger partial charge in [0.05, 0.1) is 30.3 Å².